The number of aromatic hydroxyl groups is 3. The Morgan fingerprint density at radius 3 is 2.40 bits per heavy atom. The monoisotopic (exact) mass is 552 g/mol. The number of phenols is 3. The van der Waals surface area contributed by atoms with E-state index in [1.54, 1.807) is 0 Å². The van der Waals surface area contributed by atoms with Crippen LogP contribution in [0.4, 0.5) is 0 Å². The molecular weight excluding hydrogens is 528 g/mol. The zero-order valence-corrected chi connectivity index (χ0v) is 20.8. The molecule has 3 atom stereocenters. The minimum atomic E-state index is -1.78. The molecule has 12 heteroatoms. The third-order valence-electron chi connectivity index (χ3n) is 6.25. The lowest BCUT2D eigenvalue weighted by Crippen LogP contribution is -2.38. The first-order valence-corrected chi connectivity index (χ1v) is 11.7. The lowest BCUT2D eigenvalue weighted by molar-refractivity contribution is -0.147. The Kier molecular flexibility index (Phi) is 7.40. The topological polar surface area (TPSA) is 215 Å². The van der Waals surface area contributed by atoms with Crippen molar-refractivity contribution in [3.63, 3.8) is 0 Å². The van der Waals surface area contributed by atoms with E-state index in [0.717, 1.165) is 24.3 Å². The van der Waals surface area contributed by atoms with Crippen LogP contribution in [0.25, 0.3) is 28.4 Å². The number of hydrogen-bond donors (Lipinski definition) is 7. The second-order valence-corrected chi connectivity index (χ2v) is 9.24. The Hall–Kier alpha value is -5.07. The second-order valence-electron chi connectivity index (χ2n) is 9.24. The van der Waals surface area contributed by atoms with E-state index in [9.17, 15) is 45.0 Å². The molecule has 7 N–H and O–H groups in total. The van der Waals surface area contributed by atoms with Gasteiger partial charge in [0.15, 0.2) is 22.8 Å². The van der Waals surface area contributed by atoms with Gasteiger partial charge in [0.05, 0.1) is 0 Å². The van der Waals surface area contributed by atoms with E-state index in [1.807, 2.05) is 0 Å². The summed E-state index contributed by atoms with van der Waals surface area (Å²) < 4.78 is 11.1. The molecule has 0 amide bonds. The molecular formula is C28H24O12. The van der Waals surface area contributed by atoms with Crippen LogP contribution in [0.1, 0.15) is 29.3 Å². The van der Waals surface area contributed by atoms with Gasteiger partial charge in [-0.3, -0.25) is 0 Å². The largest absolute Gasteiger partial charge is 0.504 e. The molecule has 0 aliphatic heterocycles. The van der Waals surface area contributed by atoms with Gasteiger partial charge in [0, 0.05) is 23.4 Å². The Labute approximate surface area is 225 Å². The maximum atomic E-state index is 13.6. The lowest BCUT2D eigenvalue weighted by atomic mass is 9.89. The standard InChI is InChI=1S/C28H24O12/c1-28(38)9-8-13(11-20(28)32)10-19(26(35)36)39-27(37)23-22-14(4-7-21(33)34)2-6-17(30)25(22)40-24(23)15-3-5-16(29)18(31)12-15/h2-9,11-12,19-20,29-32,38H,10H2,1H3,(H,33,34)(H,35,36)/b7-4+. The Balaban J connectivity index is 1.84. The smallest absolute Gasteiger partial charge is 0.345 e. The minimum absolute atomic E-state index is 0.0427. The van der Waals surface area contributed by atoms with Crippen molar-refractivity contribution in [3.8, 4) is 28.6 Å². The van der Waals surface area contributed by atoms with E-state index in [2.05, 4.69) is 0 Å². The van der Waals surface area contributed by atoms with Crippen molar-refractivity contribution in [1.29, 1.82) is 0 Å². The van der Waals surface area contributed by atoms with Crippen molar-refractivity contribution in [1.82, 2.24) is 0 Å². The molecule has 12 nitrogen and oxygen atoms in total. The summed E-state index contributed by atoms with van der Waals surface area (Å²) in [4.78, 5) is 36.8. The zero-order valence-electron chi connectivity index (χ0n) is 20.8. The Bertz CT molecular complexity index is 1600. The van der Waals surface area contributed by atoms with Crippen molar-refractivity contribution in [2.24, 2.45) is 0 Å². The van der Waals surface area contributed by atoms with Gasteiger partial charge in [-0.15, -0.1) is 0 Å². The van der Waals surface area contributed by atoms with Crippen LogP contribution in [0.2, 0.25) is 0 Å². The van der Waals surface area contributed by atoms with Crippen LogP contribution >= 0.6 is 0 Å². The number of rotatable bonds is 8. The molecule has 2 aromatic carbocycles. The van der Waals surface area contributed by atoms with Crippen molar-refractivity contribution >= 4 is 35.0 Å². The molecule has 3 aromatic rings. The first-order chi connectivity index (χ1) is 18.8. The van der Waals surface area contributed by atoms with Crippen LogP contribution in [-0.4, -0.2) is 71.5 Å². The van der Waals surface area contributed by atoms with Crippen molar-refractivity contribution in [3.05, 3.63) is 71.3 Å². The number of aliphatic carboxylic acids is 2. The highest BCUT2D eigenvalue weighted by atomic mass is 16.6. The number of allylic oxidation sites excluding steroid dienone is 1. The summed E-state index contributed by atoms with van der Waals surface area (Å²) in [6, 6.07) is 5.96. The molecule has 1 aliphatic rings. The summed E-state index contributed by atoms with van der Waals surface area (Å²) in [5, 5.41) is 69.2. The molecule has 0 saturated carbocycles. The number of aliphatic hydroxyl groups excluding tert-OH is 1. The highest BCUT2D eigenvalue weighted by Gasteiger charge is 2.33. The number of hydrogen-bond acceptors (Lipinski definition) is 10. The van der Waals surface area contributed by atoms with E-state index >= 15 is 0 Å². The number of furan rings is 1. The third kappa shape index (κ3) is 5.53. The van der Waals surface area contributed by atoms with Gasteiger partial charge in [-0.1, -0.05) is 18.2 Å². The Morgan fingerprint density at radius 1 is 1.07 bits per heavy atom. The first kappa shape index (κ1) is 28.0. The van der Waals surface area contributed by atoms with Crippen LogP contribution in [0, 0.1) is 0 Å². The number of phenolic OH excluding ortho intramolecular Hbond substituents is 3. The van der Waals surface area contributed by atoms with Crippen molar-refractivity contribution in [2.75, 3.05) is 0 Å². The van der Waals surface area contributed by atoms with Crippen LogP contribution in [-0.2, 0) is 14.3 Å². The van der Waals surface area contributed by atoms with Gasteiger partial charge < -0.3 is 44.9 Å². The van der Waals surface area contributed by atoms with E-state index in [4.69, 9.17) is 14.3 Å². The normalized spacial score (nSPS) is 19.5. The summed E-state index contributed by atoms with van der Waals surface area (Å²) in [6.07, 6.45) is 2.31. The molecule has 1 aromatic heterocycles. The third-order valence-corrected chi connectivity index (χ3v) is 6.25. The molecule has 1 heterocycles. The summed E-state index contributed by atoms with van der Waals surface area (Å²) in [5.41, 5.74) is -1.79. The zero-order chi connectivity index (χ0) is 29.4. The fourth-order valence-electron chi connectivity index (χ4n) is 4.10. The summed E-state index contributed by atoms with van der Waals surface area (Å²) in [6.45, 7) is 1.36. The van der Waals surface area contributed by atoms with E-state index < -0.39 is 53.0 Å². The summed E-state index contributed by atoms with van der Waals surface area (Å²) in [5.74, 6) is -5.80. The quantitative estimate of drug-likeness (QED) is 0.122. The minimum Gasteiger partial charge on any atom is -0.504 e. The number of ether oxygens (including phenoxy) is 1. The number of carboxylic acid groups (broad SMARTS) is 2. The highest BCUT2D eigenvalue weighted by Crippen LogP contribution is 2.42. The SMILES string of the molecule is CC1(O)C=CC(CC(OC(=O)c2c(-c3ccc(O)c(O)c3)oc3c(O)ccc(/C=C/C(=O)O)c23)C(=O)O)=CC1O. The molecule has 0 saturated heterocycles. The predicted octanol–water partition coefficient (Wildman–Crippen LogP) is 2.92. The van der Waals surface area contributed by atoms with Gasteiger partial charge in [0.1, 0.15) is 23.0 Å². The van der Waals surface area contributed by atoms with Gasteiger partial charge in [-0.05, 0) is 54.5 Å². The van der Waals surface area contributed by atoms with Crippen molar-refractivity contribution in [2.45, 2.75) is 31.2 Å². The van der Waals surface area contributed by atoms with E-state index in [1.165, 1.54) is 43.4 Å². The number of carbonyl (C=O) groups is 3. The predicted molar refractivity (Wildman–Crippen MR) is 139 cm³/mol. The number of benzene rings is 2. The van der Waals surface area contributed by atoms with Gasteiger partial charge in [-0.2, -0.15) is 0 Å². The lowest BCUT2D eigenvalue weighted by Gasteiger charge is -2.28. The molecule has 3 unspecified atom stereocenters. The maximum absolute atomic E-state index is 13.6. The van der Waals surface area contributed by atoms with E-state index in [-0.39, 0.29) is 45.4 Å². The number of esters is 1. The Morgan fingerprint density at radius 2 is 1.77 bits per heavy atom. The van der Waals surface area contributed by atoms with Gasteiger partial charge in [0.2, 0.25) is 6.10 Å². The molecule has 4 rings (SSSR count). The number of carbonyl (C=O) groups excluding carboxylic acids is 1. The van der Waals surface area contributed by atoms with Gasteiger partial charge >= 0.3 is 17.9 Å². The van der Waals surface area contributed by atoms with Gasteiger partial charge in [-0.25, -0.2) is 14.4 Å². The first-order valence-electron chi connectivity index (χ1n) is 11.7. The van der Waals surface area contributed by atoms with Crippen LogP contribution in [0.3, 0.4) is 0 Å². The molecule has 0 spiro atoms. The maximum Gasteiger partial charge on any atom is 0.345 e. The number of carboxylic acids is 2. The molecule has 0 bridgehead atoms. The molecule has 40 heavy (non-hydrogen) atoms. The average Bonchev–Trinajstić information content (AvgIpc) is 3.29. The highest BCUT2D eigenvalue weighted by molar-refractivity contribution is 6.13. The fraction of sp³-hybridized carbons (Fsp3) is 0.179. The van der Waals surface area contributed by atoms with Crippen LogP contribution < -0.4 is 0 Å². The fourth-order valence-corrected chi connectivity index (χ4v) is 4.10. The molecule has 0 fully saturated rings. The van der Waals surface area contributed by atoms with E-state index in [0.29, 0.717) is 0 Å². The molecule has 208 valence electrons. The van der Waals surface area contributed by atoms with Crippen molar-refractivity contribution < 1.29 is 59.3 Å². The average molecular weight is 552 g/mol. The van der Waals surface area contributed by atoms with Crippen LogP contribution in [0.5, 0.6) is 17.2 Å². The van der Waals surface area contributed by atoms with Gasteiger partial charge in [0.25, 0.3) is 0 Å². The second kappa shape index (κ2) is 10.6. The number of fused-ring (bicyclic) bond motifs is 1. The molecule has 0 radical (unpaired) electrons. The van der Waals surface area contributed by atoms with Crippen LogP contribution in [0.15, 0.2) is 64.6 Å². The summed E-state index contributed by atoms with van der Waals surface area (Å²) in [7, 11) is 0. The molecule has 1 aliphatic carbocycles. The summed E-state index contributed by atoms with van der Waals surface area (Å²) >= 11 is 0. The number of aliphatic hydroxyl groups is 2.